The van der Waals surface area contributed by atoms with Gasteiger partial charge in [-0.25, -0.2) is 4.39 Å². The Hall–Kier alpha value is -2.04. The Kier molecular flexibility index (Phi) is 2.52. The molecule has 1 heterocycles. The minimum absolute atomic E-state index is 0.173. The summed E-state index contributed by atoms with van der Waals surface area (Å²) in [4.78, 5) is 3.98. The number of halogens is 1. The molecule has 3 N–H and O–H groups in total. The minimum atomic E-state index is -0.475. The monoisotopic (exact) mass is 221 g/mol. The lowest BCUT2D eigenvalue weighted by Gasteiger charge is -2.10. The van der Waals surface area contributed by atoms with E-state index >= 15 is 0 Å². The molecule has 2 rings (SSSR count). The van der Waals surface area contributed by atoms with Crippen LogP contribution in [0.25, 0.3) is 10.9 Å². The number of pyridine rings is 1. The molecule has 0 radical (unpaired) electrons. The van der Waals surface area contributed by atoms with E-state index in [2.05, 4.69) is 10.3 Å². The van der Waals surface area contributed by atoms with Crippen molar-refractivity contribution in [1.29, 1.82) is 0 Å². The molecule has 0 atom stereocenters. The van der Waals surface area contributed by atoms with Crippen LogP contribution in [0.4, 0.5) is 15.8 Å². The highest BCUT2D eigenvalue weighted by atomic mass is 19.1. The molecule has 0 bridgehead atoms. The summed E-state index contributed by atoms with van der Waals surface area (Å²) in [5.74, 6) is -0.302. The van der Waals surface area contributed by atoms with Crippen molar-refractivity contribution in [3.05, 3.63) is 24.1 Å². The molecule has 16 heavy (non-hydrogen) atoms. The van der Waals surface area contributed by atoms with Crippen molar-refractivity contribution >= 4 is 22.3 Å². The van der Waals surface area contributed by atoms with Crippen molar-refractivity contribution in [2.45, 2.75) is 0 Å². The molecule has 0 spiro atoms. The maximum Gasteiger partial charge on any atom is 0.191 e. The number of methoxy groups -OCH3 is 1. The average Bonchev–Trinajstić information content (AvgIpc) is 2.29. The molecular formula is C11H12FN3O. The predicted molar refractivity (Wildman–Crippen MR) is 62.2 cm³/mol. The van der Waals surface area contributed by atoms with Gasteiger partial charge in [0, 0.05) is 12.4 Å². The van der Waals surface area contributed by atoms with Gasteiger partial charge < -0.3 is 15.8 Å². The number of anilines is 2. The van der Waals surface area contributed by atoms with Crippen molar-refractivity contribution in [2.75, 3.05) is 25.2 Å². The second-order valence-corrected chi connectivity index (χ2v) is 3.32. The van der Waals surface area contributed by atoms with Gasteiger partial charge in [-0.05, 0) is 12.1 Å². The highest BCUT2D eigenvalue weighted by Crippen LogP contribution is 2.32. The molecular weight excluding hydrogens is 209 g/mol. The third-order valence-corrected chi connectivity index (χ3v) is 2.44. The van der Waals surface area contributed by atoms with E-state index in [1.54, 1.807) is 19.2 Å². The summed E-state index contributed by atoms with van der Waals surface area (Å²) in [5, 5.41) is 3.57. The van der Waals surface area contributed by atoms with Crippen LogP contribution >= 0.6 is 0 Å². The molecule has 2 aromatic rings. The highest BCUT2D eigenvalue weighted by Gasteiger charge is 2.12. The van der Waals surface area contributed by atoms with E-state index in [1.165, 1.54) is 13.3 Å². The van der Waals surface area contributed by atoms with E-state index in [-0.39, 0.29) is 11.3 Å². The van der Waals surface area contributed by atoms with Gasteiger partial charge in [-0.15, -0.1) is 0 Å². The molecule has 5 heteroatoms. The fraction of sp³-hybridized carbons (Fsp3) is 0.182. The number of rotatable bonds is 2. The summed E-state index contributed by atoms with van der Waals surface area (Å²) in [6.07, 6.45) is 1.43. The SMILES string of the molecule is CNc1c(N)cnc2c(F)c(OC)ccc12. The Morgan fingerprint density at radius 1 is 1.44 bits per heavy atom. The quantitative estimate of drug-likeness (QED) is 0.814. The average molecular weight is 221 g/mol. The van der Waals surface area contributed by atoms with Gasteiger partial charge in [-0.3, -0.25) is 4.98 Å². The van der Waals surface area contributed by atoms with Crippen molar-refractivity contribution in [3.8, 4) is 5.75 Å². The third kappa shape index (κ3) is 1.41. The van der Waals surface area contributed by atoms with E-state index in [0.717, 1.165) is 0 Å². The van der Waals surface area contributed by atoms with Crippen LogP contribution in [-0.4, -0.2) is 19.1 Å². The van der Waals surface area contributed by atoms with Crippen LogP contribution in [0.15, 0.2) is 18.3 Å². The van der Waals surface area contributed by atoms with E-state index in [4.69, 9.17) is 10.5 Å². The zero-order chi connectivity index (χ0) is 11.7. The number of fused-ring (bicyclic) bond motifs is 1. The van der Waals surface area contributed by atoms with Crippen LogP contribution in [0, 0.1) is 5.82 Å². The van der Waals surface area contributed by atoms with Gasteiger partial charge in [-0.1, -0.05) is 0 Å². The van der Waals surface area contributed by atoms with Crippen LogP contribution in [-0.2, 0) is 0 Å². The minimum Gasteiger partial charge on any atom is -0.494 e. The number of ether oxygens (including phenoxy) is 1. The molecule has 0 unspecified atom stereocenters. The lowest BCUT2D eigenvalue weighted by Crippen LogP contribution is -2.00. The first kappa shape index (κ1) is 10.5. The Bertz CT molecular complexity index is 542. The Morgan fingerprint density at radius 3 is 2.81 bits per heavy atom. The highest BCUT2D eigenvalue weighted by molar-refractivity contribution is 5.97. The fourth-order valence-corrected chi connectivity index (χ4v) is 1.66. The predicted octanol–water partition coefficient (Wildman–Crippen LogP) is 2.01. The topological polar surface area (TPSA) is 60.2 Å². The van der Waals surface area contributed by atoms with Gasteiger partial charge in [0.25, 0.3) is 0 Å². The molecule has 0 amide bonds. The molecule has 1 aromatic heterocycles. The number of aromatic nitrogens is 1. The number of nitrogens with two attached hydrogens (primary N) is 1. The van der Waals surface area contributed by atoms with Gasteiger partial charge in [0.2, 0.25) is 0 Å². The molecule has 0 aliphatic rings. The maximum absolute atomic E-state index is 13.9. The van der Waals surface area contributed by atoms with Gasteiger partial charge in [0.05, 0.1) is 24.7 Å². The summed E-state index contributed by atoms with van der Waals surface area (Å²) in [6, 6.07) is 3.28. The molecule has 4 nitrogen and oxygen atoms in total. The summed E-state index contributed by atoms with van der Waals surface area (Å²) < 4.78 is 18.8. The van der Waals surface area contributed by atoms with E-state index in [1.807, 2.05) is 0 Å². The molecule has 1 aromatic carbocycles. The number of hydrogen-bond donors (Lipinski definition) is 2. The molecule has 0 aliphatic heterocycles. The van der Waals surface area contributed by atoms with Gasteiger partial charge in [0.15, 0.2) is 11.6 Å². The Morgan fingerprint density at radius 2 is 2.19 bits per heavy atom. The Balaban J connectivity index is 2.82. The third-order valence-electron chi connectivity index (χ3n) is 2.44. The summed E-state index contributed by atoms with van der Waals surface area (Å²) in [7, 11) is 3.15. The van der Waals surface area contributed by atoms with Crippen molar-refractivity contribution in [3.63, 3.8) is 0 Å². The number of hydrogen-bond acceptors (Lipinski definition) is 4. The molecule has 84 valence electrons. The number of benzene rings is 1. The zero-order valence-electron chi connectivity index (χ0n) is 9.04. The molecule has 0 fully saturated rings. The maximum atomic E-state index is 13.9. The largest absolute Gasteiger partial charge is 0.494 e. The van der Waals surface area contributed by atoms with Crippen LogP contribution in [0.1, 0.15) is 0 Å². The van der Waals surface area contributed by atoms with E-state index in [9.17, 15) is 4.39 Å². The standard InChI is InChI=1S/C11H12FN3O/c1-14-10-6-3-4-8(16-2)9(12)11(6)15-5-7(10)13/h3-5H,13H2,1-2H3,(H,14,15). The van der Waals surface area contributed by atoms with E-state index < -0.39 is 5.82 Å². The van der Waals surface area contributed by atoms with Crippen molar-refractivity contribution in [1.82, 2.24) is 4.98 Å². The summed E-state index contributed by atoms with van der Waals surface area (Å²) >= 11 is 0. The number of nitrogens with zero attached hydrogens (tertiary/aromatic N) is 1. The van der Waals surface area contributed by atoms with Crippen molar-refractivity contribution in [2.24, 2.45) is 0 Å². The normalized spacial score (nSPS) is 10.4. The first-order valence-corrected chi connectivity index (χ1v) is 4.77. The van der Waals surface area contributed by atoms with Gasteiger partial charge in [-0.2, -0.15) is 0 Å². The molecule has 0 saturated heterocycles. The zero-order valence-corrected chi connectivity index (χ0v) is 9.04. The summed E-state index contributed by atoms with van der Waals surface area (Å²) in [6.45, 7) is 0. The van der Waals surface area contributed by atoms with Crippen LogP contribution in [0.5, 0.6) is 5.75 Å². The second kappa shape index (κ2) is 3.84. The Labute approximate surface area is 92.2 Å². The fourth-order valence-electron chi connectivity index (χ4n) is 1.66. The lowest BCUT2D eigenvalue weighted by atomic mass is 10.1. The van der Waals surface area contributed by atoms with Crippen LogP contribution in [0.3, 0.4) is 0 Å². The number of nitrogen functional groups attached to an aromatic ring is 1. The van der Waals surface area contributed by atoms with Gasteiger partial charge in [0.1, 0.15) is 5.52 Å². The van der Waals surface area contributed by atoms with Gasteiger partial charge >= 0.3 is 0 Å². The lowest BCUT2D eigenvalue weighted by molar-refractivity contribution is 0.388. The second-order valence-electron chi connectivity index (χ2n) is 3.32. The first-order valence-electron chi connectivity index (χ1n) is 4.77. The van der Waals surface area contributed by atoms with E-state index in [0.29, 0.717) is 16.8 Å². The molecule has 0 saturated carbocycles. The molecule has 0 aliphatic carbocycles. The van der Waals surface area contributed by atoms with Crippen LogP contribution < -0.4 is 15.8 Å². The van der Waals surface area contributed by atoms with Crippen molar-refractivity contribution < 1.29 is 9.13 Å². The smallest absolute Gasteiger partial charge is 0.191 e. The number of nitrogens with one attached hydrogen (secondary N) is 1. The first-order chi connectivity index (χ1) is 7.69. The van der Waals surface area contributed by atoms with Crippen LogP contribution in [0.2, 0.25) is 0 Å². The summed E-state index contributed by atoms with van der Waals surface area (Å²) in [5.41, 5.74) is 7.15.